The summed E-state index contributed by atoms with van der Waals surface area (Å²) in [5, 5.41) is 9.19. The topological polar surface area (TPSA) is 99.5 Å². The summed E-state index contributed by atoms with van der Waals surface area (Å²) in [5.74, 6) is -1.30. The number of rotatable bonds is 7. The molecule has 0 aliphatic rings. The number of nitrogens with one attached hydrogen (secondary N) is 1. The van der Waals surface area contributed by atoms with Gasteiger partial charge < -0.3 is 14.8 Å². The van der Waals surface area contributed by atoms with E-state index in [0.717, 1.165) is 21.6 Å². The van der Waals surface area contributed by atoms with Crippen LogP contribution < -0.4 is 15.6 Å². The molecule has 0 radical (unpaired) electrons. The van der Waals surface area contributed by atoms with Gasteiger partial charge in [0.15, 0.2) is 12.3 Å². The molecule has 34 heavy (non-hydrogen) atoms. The highest BCUT2D eigenvalue weighted by Gasteiger charge is 2.23. The molecule has 1 amide bonds. The van der Waals surface area contributed by atoms with E-state index in [-0.39, 0.29) is 34.7 Å². The van der Waals surface area contributed by atoms with Gasteiger partial charge in [-0.15, -0.1) is 11.3 Å². The number of aryl methyl sites for hydroxylation is 1. The fourth-order valence-corrected chi connectivity index (χ4v) is 4.22. The summed E-state index contributed by atoms with van der Waals surface area (Å²) < 4.78 is 24.7. The van der Waals surface area contributed by atoms with E-state index in [4.69, 9.17) is 9.47 Å². The van der Waals surface area contributed by atoms with E-state index in [2.05, 4.69) is 10.4 Å². The van der Waals surface area contributed by atoms with E-state index in [9.17, 15) is 18.8 Å². The fraction of sp³-hybridized carbons (Fsp3) is 0.167. The van der Waals surface area contributed by atoms with Crippen molar-refractivity contribution in [3.05, 3.63) is 81.3 Å². The molecule has 0 bridgehead atoms. The molecule has 0 aliphatic carbocycles. The minimum Gasteiger partial charge on any atom is -0.484 e. The minimum atomic E-state index is -0.677. The van der Waals surface area contributed by atoms with Gasteiger partial charge in [-0.3, -0.25) is 9.59 Å². The van der Waals surface area contributed by atoms with Crippen molar-refractivity contribution in [2.24, 2.45) is 0 Å². The maximum atomic E-state index is 13.4. The van der Waals surface area contributed by atoms with Crippen LogP contribution in [0.25, 0.3) is 16.5 Å². The van der Waals surface area contributed by atoms with Crippen molar-refractivity contribution in [3.63, 3.8) is 0 Å². The van der Waals surface area contributed by atoms with Crippen molar-refractivity contribution in [2.75, 3.05) is 18.5 Å². The number of esters is 1. The van der Waals surface area contributed by atoms with E-state index in [1.807, 2.05) is 13.0 Å². The highest BCUT2D eigenvalue weighted by molar-refractivity contribution is 7.16. The lowest BCUT2D eigenvalue weighted by Gasteiger charge is -2.10. The quantitative estimate of drug-likeness (QED) is 0.399. The third kappa shape index (κ3) is 4.81. The second-order valence-corrected chi connectivity index (χ2v) is 8.15. The van der Waals surface area contributed by atoms with Gasteiger partial charge in [0.1, 0.15) is 16.6 Å². The monoisotopic (exact) mass is 481 g/mol. The normalized spacial score (nSPS) is 10.8. The number of fused-ring (bicyclic) bond motifs is 1. The van der Waals surface area contributed by atoms with Crippen LogP contribution in [0.15, 0.2) is 58.7 Å². The Labute approximate surface area is 197 Å². The second-order valence-electron chi connectivity index (χ2n) is 7.27. The molecule has 4 aromatic rings. The third-order valence-corrected chi connectivity index (χ3v) is 5.70. The molecule has 2 heterocycles. The van der Waals surface area contributed by atoms with Crippen LogP contribution in [0.2, 0.25) is 0 Å². The number of anilines is 1. The average Bonchev–Trinajstić information content (AvgIpc) is 3.23. The largest absolute Gasteiger partial charge is 0.484 e. The van der Waals surface area contributed by atoms with Crippen LogP contribution in [0.1, 0.15) is 23.0 Å². The summed E-state index contributed by atoms with van der Waals surface area (Å²) in [5.41, 5.74) is 0.850. The molecule has 1 N–H and O–H groups in total. The van der Waals surface area contributed by atoms with Gasteiger partial charge >= 0.3 is 5.97 Å². The first kappa shape index (κ1) is 23.1. The van der Waals surface area contributed by atoms with Crippen molar-refractivity contribution in [2.45, 2.75) is 13.8 Å². The van der Waals surface area contributed by atoms with Crippen LogP contribution in [0.3, 0.4) is 0 Å². The maximum absolute atomic E-state index is 13.4. The molecule has 0 saturated heterocycles. The molecule has 2 aromatic heterocycles. The number of carbonyl (C=O) groups is 2. The Morgan fingerprint density at radius 2 is 1.94 bits per heavy atom. The van der Waals surface area contributed by atoms with Crippen LogP contribution >= 0.6 is 11.3 Å². The number of thiophene rings is 1. The summed E-state index contributed by atoms with van der Waals surface area (Å²) in [6, 6.07) is 12.4. The minimum absolute atomic E-state index is 0.0303. The lowest BCUT2D eigenvalue weighted by Crippen LogP contribution is -2.26. The maximum Gasteiger partial charge on any atom is 0.359 e. The number of aromatic nitrogens is 2. The number of benzene rings is 2. The Balaban J connectivity index is 1.71. The standard InChI is InChI=1S/C24H20FN3O5S/c1-3-32-24(31)21-18-13-34-22(26-19(29)12-33-17-9-7-15(25)8-10-17)20(18)23(30)28(27-21)16-6-4-5-14(2)11-16/h4-11,13H,3,12H2,1-2H3,(H,26,29). The van der Waals surface area contributed by atoms with Gasteiger partial charge in [-0.1, -0.05) is 12.1 Å². The predicted molar refractivity (Wildman–Crippen MR) is 126 cm³/mol. The number of halogens is 1. The van der Waals surface area contributed by atoms with E-state index >= 15 is 0 Å². The molecule has 0 aliphatic heterocycles. The molecule has 8 nitrogen and oxygen atoms in total. The summed E-state index contributed by atoms with van der Waals surface area (Å²) in [6.07, 6.45) is 0. The van der Waals surface area contributed by atoms with Crippen LogP contribution in [-0.2, 0) is 9.53 Å². The van der Waals surface area contributed by atoms with Crippen molar-refractivity contribution >= 4 is 39.0 Å². The Bertz CT molecular complexity index is 1430. The van der Waals surface area contributed by atoms with Crippen molar-refractivity contribution in [3.8, 4) is 11.4 Å². The number of hydrogen-bond donors (Lipinski definition) is 1. The van der Waals surface area contributed by atoms with E-state index in [1.165, 1.54) is 24.3 Å². The molecular formula is C24H20FN3O5S. The molecular weight excluding hydrogens is 461 g/mol. The Morgan fingerprint density at radius 3 is 2.65 bits per heavy atom. The number of hydrogen-bond acceptors (Lipinski definition) is 7. The average molecular weight is 482 g/mol. The Morgan fingerprint density at radius 1 is 1.18 bits per heavy atom. The SMILES string of the molecule is CCOC(=O)c1nn(-c2cccc(C)c2)c(=O)c2c(NC(=O)COc3ccc(F)cc3)scc12. The van der Waals surface area contributed by atoms with Crippen molar-refractivity contribution < 1.29 is 23.5 Å². The lowest BCUT2D eigenvalue weighted by molar-refractivity contribution is -0.118. The zero-order chi connectivity index (χ0) is 24.2. The van der Waals surface area contributed by atoms with Gasteiger partial charge in [0.25, 0.3) is 11.5 Å². The van der Waals surface area contributed by atoms with E-state index in [1.54, 1.807) is 30.5 Å². The van der Waals surface area contributed by atoms with Crippen molar-refractivity contribution in [1.29, 1.82) is 0 Å². The number of amides is 1. The zero-order valence-electron chi connectivity index (χ0n) is 18.3. The van der Waals surface area contributed by atoms with Gasteiger partial charge in [-0.25, -0.2) is 9.18 Å². The molecule has 2 aromatic carbocycles. The molecule has 0 saturated carbocycles. The van der Waals surface area contributed by atoms with Crippen LogP contribution in [0.5, 0.6) is 5.75 Å². The molecule has 4 rings (SSSR count). The molecule has 0 unspecified atom stereocenters. The lowest BCUT2D eigenvalue weighted by atomic mass is 10.2. The summed E-state index contributed by atoms with van der Waals surface area (Å²) in [6.45, 7) is 3.33. The van der Waals surface area contributed by atoms with Gasteiger partial charge in [-0.05, 0) is 55.8 Å². The molecule has 0 atom stereocenters. The second kappa shape index (κ2) is 9.84. The molecule has 174 valence electrons. The van der Waals surface area contributed by atoms with Gasteiger partial charge in [0.2, 0.25) is 0 Å². The molecule has 0 fully saturated rings. The predicted octanol–water partition coefficient (Wildman–Crippen LogP) is 4.09. The molecule has 10 heteroatoms. The van der Waals surface area contributed by atoms with Crippen molar-refractivity contribution in [1.82, 2.24) is 9.78 Å². The summed E-state index contributed by atoms with van der Waals surface area (Å²) >= 11 is 1.09. The smallest absolute Gasteiger partial charge is 0.359 e. The number of nitrogens with zero attached hydrogens (tertiary/aromatic N) is 2. The van der Waals surface area contributed by atoms with E-state index in [0.29, 0.717) is 11.4 Å². The first-order valence-electron chi connectivity index (χ1n) is 10.3. The number of carbonyl (C=O) groups excluding carboxylic acids is 2. The zero-order valence-corrected chi connectivity index (χ0v) is 19.1. The van der Waals surface area contributed by atoms with Gasteiger partial charge in [-0.2, -0.15) is 9.78 Å². The van der Waals surface area contributed by atoms with Gasteiger partial charge in [0, 0.05) is 10.8 Å². The first-order valence-corrected chi connectivity index (χ1v) is 11.2. The molecule has 0 spiro atoms. The highest BCUT2D eigenvalue weighted by Crippen LogP contribution is 2.30. The van der Waals surface area contributed by atoms with Gasteiger partial charge in [0.05, 0.1) is 17.7 Å². The summed E-state index contributed by atoms with van der Waals surface area (Å²) in [4.78, 5) is 38.5. The van der Waals surface area contributed by atoms with E-state index < -0.39 is 23.3 Å². The van der Waals surface area contributed by atoms with Crippen LogP contribution in [0.4, 0.5) is 9.39 Å². The Kier molecular flexibility index (Phi) is 6.69. The first-order chi connectivity index (χ1) is 16.4. The highest BCUT2D eigenvalue weighted by atomic mass is 32.1. The fourth-order valence-electron chi connectivity index (χ4n) is 3.27. The Hall–Kier alpha value is -4.05. The third-order valence-electron chi connectivity index (χ3n) is 4.80. The van der Waals surface area contributed by atoms with Crippen LogP contribution in [-0.4, -0.2) is 34.9 Å². The van der Waals surface area contributed by atoms with Crippen LogP contribution in [0, 0.1) is 12.7 Å². The number of ether oxygens (including phenoxy) is 2. The summed E-state index contributed by atoms with van der Waals surface area (Å²) in [7, 11) is 0.